The molecule has 1 amide bonds. The zero-order chi connectivity index (χ0) is 19.8. The van der Waals surface area contributed by atoms with E-state index in [-0.39, 0.29) is 17.1 Å². The van der Waals surface area contributed by atoms with Crippen molar-refractivity contribution in [3.63, 3.8) is 0 Å². The molecule has 2 heterocycles. The van der Waals surface area contributed by atoms with E-state index in [1.54, 1.807) is 30.3 Å². The van der Waals surface area contributed by atoms with Gasteiger partial charge in [-0.15, -0.1) is 0 Å². The SMILES string of the molecule is O=C(NCc1ccccc1)c1cc2nc(C(F)(F)F)cc(C(F)(F)F)n2n1. The topological polar surface area (TPSA) is 59.3 Å². The lowest BCUT2D eigenvalue weighted by Crippen LogP contribution is -2.23. The summed E-state index contributed by atoms with van der Waals surface area (Å²) in [4.78, 5) is 15.2. The van der Waals surface area contributed by atoms with Gasteiger partial charge in [-0.2, -0.15) is 31.4 Å². The lowest BCUT2D eigenvalue weighted by atomic mass is 10.2. The van der Waals surface area contributed by atoms with Gasteiger partial charge in [0.1, 0.15) is 5.69 Å². The van der Waals surface area contributed by atoms with E-state index in [2.05, 4.69) is 15.4 Å². The fourth-order valence-corrected chi connectivity index (χ4v) is 2.30. The second-order valence-electron chi connectivity index (χ2n) is 5.49. The molecule has 0 unspecified atom stereocenters. The van der Waals surface area contributed by atoms with Gasteiger partial charge in [0, 0.05) is 12.6 Å². The molecule has 0 aliphatic rings. The van der Waals surface area contributed by atoms with E-state index in [0.717, 1.165) is 11.6 Å². The molecule has 0 radical (unpaired) electrons. The number of hydrogen-bond donors (Lipinski definition) is 1. The maximum Gasteiger partial charge on any atom is 0.433 e. The summed E-state index contributed by atoms with van der Waals surface area (Å²) in [6.07, 6.45) is -10.2. The Labute approximate surface area is 147 Å². The molecule has 3 rings (SSSR count). The largest absolute Gasteiger partial charge is 0.433 e. The average molecular weight is 388 g/mol. The molecule has 27 heavy (non-hydrogen) atoms. The molecule has 0 saturated carbocycles. The number of nitrogens with one attached hydrogen (secondary N) is 1. The molecule has 0 aliphatic carbocycles. The number of rotatable bonds is 3. The minimum atomic E-state index is -5.12. The van der Waals surface area contributed by atoms with Gasteiger partial charge in [0.25, 0.3) is 5.91 Å². The number of alkyl halides is 6. The van der Waals surface area contributed by atoms with Crippen LogP contribution < -0.4 is 5.32 Å². The zero-order valence-electron chi connectivity index (χ0n) is 13.3. The summed E-state index contributed by atoms with van der Waals surface area (Å²) in [5.41, 5.74) is -3.89. The molecule has 0 spiro atoms. The Kier molecular flexibility index (Phi) is 4.54. The van der Waals surface area contributed by atoms with E-state index in [0.29, 0.717) is 0 Å². The minimum Gasteiger partial charge on any atom is -0.347 e. The van der Waals surface area contributed by atoms with Gasteiger partial charge >= 0.3 is 12.4 Å². The number of halogens is 6. The predicted molar refractivity (Wildman–Crippen MR) is 80.6 cm³/mol. The van der Waals surface area contributed by atoms with Gasteiger partial charge in [0.05, 0.1) is 0 Å². The molecule has 0 atom stereocenters. The summed E-state index contributed by atoms with van der Waals surface area (Å²) in [6, 6.07) is 9.26. The second kappa shape index (κ2) is 6.56. The van der Waals surface area contributed by atoms with Crippen LogP contribution in [-0.4, -0.2) is 20.5 Å². The molecule has 0 fully saturated rings. The Morgan fingerprint density at radius 2 is 1.67 bits per heavy atom. The highest BCUT2D eigenvalue weighted by atomic mass is 19.4. The van der Waals surface area contributed by atoms with Crippen molar-refractivity contribution >= 4 is 11.6 Å². The molecular formula is C16H10F6N4O. The van der Waals surface area contributed by atoms with E-state index in [1.165, 1.54) is 0 Å². The highest BCUT2D eigenvalue weighted by molar-refractivity contribution is 5.93. The average Bonchev–Trinajstić information content (AvgIpc) is 3.02. The van der Waals surface area contributed by atoms with Crippen LogP contribution in [0.4, 0.5) is 26.3 Å². The fourth-order valence-electron chi connectivity index (χ4n) is 2.30. The molecule has 5 nitrogen and oxygen atoms in total. The van der Waals surface area contributed by atoms with Crippen molar-refractivity contribution in [2.24, 2.45) is 0 Å². The number of aromatic nitrogens is 3. The summed E-state index contributed by atoms with van der Waals surface area (Å²) in [5.74, 6) is -0.842. The molecule has 2 aromatic heterocycles. The second-order valence-corrected chi connectivity index (χ2v) is 5.49. The monoisotopic (exact) mass is 388 g/mol. The van der Waals surface area contributed by atoms with E-state index in [9.17, 15) is 31.1 Å². The summed E-state index contributed by atoms with van der Waals surface area (Å²) < 4.78 is 78.0. The number of fused-ring (bicyclic) bond motifs is 1. The maximum atomic E-state index is 13.1. The number of amides is 1. The molecule has 0 bridgehead atoms. The number of benzene rings is 1. The lowest BCUT2D eigenvalue weighted by molar-refractivity contribution is -0.148. The van der Waals surface area contributed by atoms with Gasteiger partial charge in [-0.05, 0) is 11.6 Å². The van der Waals surface area contributed by atoms with Crippen LogP contribution >= 0.6 is 0 Å². The Bertz CT molecular complexity index is 978. The fraction of sp³-hybridized carbons (Fsp3) is 0.188. The third-order valence-corrected chi connectivity index (χ3v) is 3.54. The molecule has 0 aliphatic heterocycles. The molecule has 0 saturated heterocycles. The first-order valence-electron chi connectivity index (χ1n) is 7.43. The van der Waals surface area contributed by atoms with E-state index >= 15 is 0 Å². The molecule has 11 heteroatoms. The molecular weight excluding hydrogens is 378 g/mol. The van der Waals surface area contributed by atoms with Crippen molar-refractivity contribution in [1.29, 1.82) is 0 Å². The van der Waals surface area contributed by atoms with Gasteiger partial charge < -0.3 is 5.32 Å². The number of carbonyl (C=O) groups excluding carboxylic acids is 1. The van der Waals surface area contributed by atoms with Crippen LogP contribution in [0.2, 0.25) is 0 Å². The van der Waals surface area contributed by atoms with Crippen molar-refractivity contribution in [3.05, 3.63) is 65.1 Å². The quantitative estimate of drug-likeness (QED) is 0.697. The van der Waals surface area contributed by atoms with E-state index in [4.69, 9.17) is 0 Å². The van der Waals surface area contributed by atoms with Crippen LogP contribution in [0.25, 0.3) is 5.65 Å². The zero-order valence-corrected chi connectivity index (χ0v) is 13.3. The predicted octanol–water partition coefficient (Wildman–Crippen LogP) is 3.70. The van der Waals surface area contributed by atoms with Crippen LogP contribution in [0.15, 0.2) is 42.5 Å². The third kappa shape index (κ3) is 4.01. The Morgan fingerprint density at radius 3 is 2.26 bits per heavy atom. The highest BCUT2D eigenvalue weighted by Gasteiger charge is 2.40. The Morgan fingerprint density at radius 1 is 1.00 bits per heavy atom. The Hall–Kier alpha value is -3.11. The van der Waals surface area contributed by atoms with Crippen molar-refractivity contribution in [1.82, 2.24) is 19.9 Å². The highest BCUT2D eigenvalue weighted by Crippen LogP contribution is 2.34. The summed E-state index contributed by atoms with van der Waals surface area (Å²) >= 11 is 0. The normalized spacial score (nSPS) is 12.4. The van der Waals surface area contributed by atoms with Gasteiger partial charge in [-0.1, -0.05) is 30.3 Å². The molecule has 142 valence electrons. The van der Waals surface area contributed by atoms with Gasteiger partial charge in [-0.25, -0.2) is 9.50 Å². The van der Waals surface area contributed by atoms with Crippen molar-refractivity contribution in [2.45, 2.75) is 18.9 Å². The van der Waals surface area contributed by atoms with Crippen molar-refractivity contribution in [2.75, 3.05) is 0 Å². The number of nitrogens with zero attached hydrogens (tertiary/aromatic N) is 3. The van der Waals surface area contributed by atoms with Crippen LogP contribution in [-0.2, 0) is 18.9 Å². The first-order chi connectivity index (χ1) is 12.6. The van der Waals surface area contributed by atoms with E-state index in [1.807, 2.05) is 0 Å². The van der Waals surface area contributed by atoms with Crippen molar-refractivity contribution in [3.8, 4) is 0 Å². The number of carbonyl (C=O) groups is 1. The first kappa shape index (κ1) is 18.7. The molecule has 1 aromatic carbocycles. The first-order valence-corrected chi connectivity index (χ1v) is 7.43. The van der Waals surface area contributed by atoms with E-state index < -0.39 is 41.0 Å². The van der Waals surface area contributed by atoms with Gasteiger partial charge in [-0.3, -0.25) is 4.79 Å². The minimum absolute atomic E-state index is 0.0703. The summed E-state index contributed by atoms with van der Waals surface area (Å²) in [7, 11) is 0. The number of hydrogen-bond acceptors (Lipinski definition) is 3. The maximum absolute atomic E-state index is 13.1. The lowest BCUT2D eigenvalue weighted by Gasteiger charge is -2.12. The van der Waals surface area contributed by atoms with Crippen LogP contribution in [0.1, 0.15) is 27.4 Å². The van der Waals surface area contributed by atoms with Crippen LogP contribution in [0.3, 0.4) is 0 Å². The van der Waals surface area contributed by atoms with Crippen molar-refractivity contribution < 1.29 is 31.1 Å². The molecule has 1 N–H and O–H groups in total. The summed E-state index contributed by atoms with van der Waals surface area (Å²) in [6.45, 7) is 0.0703. The van der Waals surface area contributed by atoms with Gasteiger partial charge in [0.15, 0.2) is 17.0 Å². The van der Waals surface area contributed by atoms with Crippen LogP contribution in [0.5, 0.6) is 0 Å². The summed E-state index contributed by atoms with van der Waals surface area (Å²) in [5, 5.41) is 5.90. The standard InChI is InChI=1S/C16H10F6N4O/c17-15(18,19)11-7-12(16(20,21)22)26-13(24-11)6-10(25-26)14(27)23-8-9-4-2-1-3-5-9/h1-7H,8H2,(H,23,27). The molecule has 3 aromatic rings. The van der Waals surface area contributed by atoms with Gasteiger partial charge in [0.2, 0.25) is 0 Å². The Balaban J connectivity index is 1.97. The smallest absolute Gasteiger partial charge is 0.347 e. The third-order valence-electron chi connectivity index (χ3n) is 3.54. The van der Waals surface area contributed by atoms with Crippen LogP contribution in [0, 0.1) is 0 Å².